The van der Waals surface area contributed by atoms with Gasteiger partial charge < -0.3 is 10.6 Å². The van der Waals surface area contributed by atoms with E-state index in [0.29, 0.717) is 12.1 Å². The molecule has 5 aromatic rings. The van der Waals surface area contributed by atoms with Crippen LogP contribution in [0.1, 0.15) is 36.8 Å². The van der Waals surface area contributed by atoms with Crippen LogP contribution in [0.2, 0.25) is 0 Å². The smallest absolute Gasteiger partial charge is 0.0224 e. The van der Waals surface area contributed by atoms with E-state index in [0.717, 1.165) is 13.1 Å². The summed E-state index contributed by atoms with van der Waals surface area (Å²) in [6.07, 6.45) is 5.07. The molecule has 2 N–H and O–H groups in total. The van der Waals surface area contributed by atoms with E-state index >= 15 is 0 Å². The zero-order valence-electron chi connectivity index (χ0n) is 24.0. The highest BCUT2D eigenvalue weighted by Gasteiger charge is 2.30. The topological polar surface area (TPSA) is 24.1 Å². The van der Waals surface area contributed by atoms with Crippen LogP contribution < -0.4 is 42.5 Å². The molecule has 0 saturated heterocycles. The Morgan fingerprint density at radius 2 is 0.762 bits per heavy atom. The Kier molecular flexibility index (Phi) is 8.59. The molecule has 42 heavy (non-hydrogen) atoms. The Bertz CT molecular complexity index is 1500. The van der Waals surface area contributed by atoms with Crippen LogP contribution in [0.5, 0.6) is 0 Å². The lowest BCUT2D eigenvalue weighted by Gasteiger charge is -2.35. The summed E-state index contributed by atoms with van der Waals surface area (Å²) >= 11 is 0. The summed E-state index contributed by atoms with van der Waals surface area (Å²) in [5.74, 6) is 0. The number of nitrogens with one attached hydrogen (secondary N) is 2. The second kappa shape index (κ2) is 13.0. The van der Waals surface area contributed by atoms with E-state index in [9.17, 15) is 0 Å². The predicted octanol–water partition coefficient (Wildman–Crippen LogP) is 5.71. The standard InChI is InChI=1S/C38H38N2P2/c1-3-17-31(18-4-1)41-35-23-11-7-15-29(35)27-39-33-21-9-10-22-34(33)40-28-30-16-8-12-24-36(30)42(32-19-5-2-6-20-32)38-26-14-13-25-37(38)41/h1-8,11-20,23-26,33-34,39-40H,9-10,21-22,27-28H2/t33-,34-,41+,42+/m1/s1. The highest BCUT2D eigenvalue weighted by Crippen LogP contribution is 2.40. The van der Waals surface area contributed by atoms with Gasteiger partial charge in [-0.2, -0.15) is 0 Å². The summed E-state index contributed by atoms with van der Waals surface area (Å²) in [7, 11) is -1.54. The second-order valence-corrected chi connectivity index (χ2v) is 15.6. The third kappa shape index (κ3) is 5.75. The molecule has 1 aliphatic heterocycles. The van der Waals surface area contributed by atoms with Crippen LogP contribution in [0.25, 0.3) is 0 Å². The van der Waals surface area contributed by atoms with Crippen molar-refractivity contribution in [3.05, 3.63) is 145 Å². The molecule has 0 spiro atoms. The van der Waals surface area contributed by atoms with Gasteiger partial charge in [0.15, 0.2) is 0 Å². The number of rotatable bonds is 2. The molecular weight excluding hydrogens is 546 g/mol. The fourth-order valence-corrected chi connectivity index (χ4v) is 12.3. The van der Waals surface area contributed by atoms with E-state index in [-0.39, 0.29) is 0 Å². The molecule has 0 aromatic heterocycles. The van der Waals surface area contributed by atoms with Gasteiger partial charge in [-0.15, -0.1) is 0 Å². The lowest BCUT2D eigenvalue weighted by atomic mass is 9.90. The Labute approximate surface area is 253 Å². The summed E-state index contributed by atoms with van der Waals surface area (Å²) in [6.45, 7) is 1.80. The molecule has 1 aliphatic carbocycles. The van der Waals surface area contributed by atoms with Crippen molar-refractivity contribution >= 4 is 47.7 Å². The molecule has 0 unspecified atom stereocenters. The SMILES string of the molecule is c1ccc([P@@]2c3ccccc3CN[C@@H]3CCCC[C@H]3NCc3ccccc3[P@](c3ccccc3)c3ccccc32)cc1. The first-order valence-electron chi connectivity index (χ1n) is 15.3. The first-order chi connectivity index (χ1) is 20.9. The highest BCUT2D eigenvalue weighted by molar-refractivity contribution is 7.85. The maximum absolute atomic E-state index is 4.04. The van der Waals surface area contributed by atoms with E-state index in [2.05, 4.69) is 144 Å². The maximum atomic E-state index is 4.04. The van der Waals surface area contributed by atoms with Gasteiger partial charge >= 0.3 is 0 Å². The van der Waals surface area contributed by atoms with Gasteiger partial charge in [0.05, 0.1) is 0 Å². The van der Waals surface area contributed by atoms with Crippen LogP contribution in [0, 0.1) is 0 Å². The Morgan fingerprint density at radius 3 is 1.19 bits per heavy atom. The van der Waals surface area contributed by atoms with Gasteiger partial charge in [-0.05, 0) is 71.6 Å². The molecule has 4 atom stereocenters. The zero-order chi connectivity index (χ0) is 28.1. The van der Waals surface area contributed by atoms with E-state index in [4.69, 9.17) is 0 Å². The van der Waals surface area contributed by atoms with E-state index in [1.54, 1.807) is 0 Å². The van der Waals surface area contributed by atoms with Gasteiger partial charge in [0.1, 0.15) is 0 Å². The Morgan fingerprint density at radius 1 is 0.405 bits per heavy atom. The van der Waals surface area contributed by atoms with Crippen LogP contribution in [0.4, 0.5) is 0 Å². The quantitative estimate of drug-likeness (QED) is 0.260. The summed E-state index contributed by atoms with van der Waals surface area (Å²) in [4.78, 5) is 0. The maximum Gasteiger partial charge on any atom is 0.0224 e. The average molecular weight is 585 g/mol. The molecule has 0 radical (unpaired) electrons. The molecule has 5 aromatic carbocycles. The van der Waals surface area contributed by atoms with Crippen LogP contribution >= 0.6 is 15.8 Å². The third-order valence-corrected chi connectivity index (χ3v) is 14.1. The molecule has 1 saturated carbocycles. The van der Waals surface area contributed by atoms with Gasteiger partial charge in [-0.1, -0.05) is 146 Å². The first kappa shape index (κ1) is 27.7. The van der Waals surface area contributed by atoms with Crippen molar-refractivity contribution in [3.63, 3.8) is 0 Å². The summed E-state index contributed by atoms with van der Waals surface area (Å²) < 4.78 is 0. The monoisotopic (exact) mass is 584 g/mol. The number of hydrogen-bond acceptors (Lipinski definition) is 2. The minimum atomic E-state index is -0.772. The van der Waals surface area contributed by atoms with Crippen molar-refractivity contribution in [2.45, 2.75) is 50.9 Å². The van der Waals surface area contributed by atoms with Crippen molar-refractivity contribution < 1.29 is 0 Å². The predicted molar refractivity (Wildman–Crippen MR) is 184 cm³/mol. The Balaban J connectivity index is 1.49. The lowest BCUT2D eigenvalue weighted by molar-refractivity contribution is 0.281. The summed E-state index contributed by atoms with van der Waals surface area (Å²) in [6, 6.07) is 51.2. The van der Waals surface area contributed by atoms with Crippen molar-refractivity contribution in [2.24, 2.45) is 0 Å². The molecule has 1 heterocycles. The fraction of sp³-hybridized carbons (Fsp3) is 0.211. The number of hydrogen-bond donors (Lipinski definition) is 2. The van der Waals surface area contributed by atoms with Crippen LogP contribution in [-0.2, 0) is 13.1 Å². The van der Waals surface area contributed by atoms with E-state index in [1.807, 2.05) is 0 Å². The van der Waals surface area contributed by atoms with Gasteiger partial charge in [0, 0.05) is 25.2 Å². The van der Waals surface area contributed by atoms with Crippen molar-refractivity contribution in [1.82, 2.24) is 10.6 Å². The van der Waals surface area contributed by atoms with Crippen molar-refractivity contribution in [2.75, 3.05) is 0 Å². The molecule has 1 fully saturated rings. The van der Waals surface area contributed by atoms with Crippen molar-refractivity contribution in [3.8, 4) is 0 Å². The molecule has 4 heteroatoms. The second-order valence-electron chi connectivity index (χ2n) is 11.3. The fourth-order valence-electron chi connectivity index (χ4n) is 6.67. The molecule has 2 aliphatic rings. The minimum Gasteiger partial charge on any atom is -0.308 e. The summed E-state index contributed by atoms with van der Waals surface area (Å²) in [5, 5.41) is 16.8. The van der Waals surface area contributed by atoms with Gasteiger partial charge in [-0.25, -0.2) is 0 Å². The number of benzene rings is 5. The van der Waals surface area contributed by atoms with Gasteiger partial charge in [-0.3, -0.25) is 0 Å². The molecule has 7 rings (SSSR count). The molecular formula is C38H38N2P2. The molecule has 210 valence electrons. The van der Waals surface area contributed by atoms with Crippen molar-refractivity contribution in [1.29, 1.82) is 0 Å². The zero-order valence-corrected chi connectivity index (χ0v) is 25.8. The average Bonchev–Trinajstić information content (AvgIpc) is 3.06. The van der Waals surface area contributed by atoms with Gasteiger partial charge in [0.2, 0.25) is 0 Å². The minimum absolute atomic E-state index is 0.479. The molecule has 0 bridgehead atoms. The van der Waals surface area contributed by atoms with Crippen LogP contribution in [-0.4, -0.2) is 12.1 Å². The van der Waals surface area contributed by atoms with E-state index < -0.39 is 15.8 Å². The molecule has 2 nitrogen and oxygen atoms in total. The van der Waals surface area contributed by atoms with Gasteiger partial charge in [0.25, 0.3) is 0 Å². The first-order valence-corrected chi connectivity index (χ1v) is 18.0. The van der Waals surface area contributed by atoms with E-state index in [1.165, 1.54) is 68.6 Å². The van der Waals surface area contributed by atoms with Crippen LogP contribution in [0.15, 0.2) is 133 Å². The van der Waals surface area contributed by atoms with Crippen LogP contribution in [0.3, 0.4) is 0 Å². The largest absolute Gasteiger partial charge is 0.308 e. The number of fused-ring (bicyclic) bond motifs is 4. The lowest BCUT2D eigenvalue weighted by Crippen LogP contribution is -2.50. The summed E-state index contributed by atoms with van der Waals surface area (Å²) in [5.41, 5.74) is 2.85. The Hall–Kier alpha value is -3.12. The third-order valence-electron chi connectivity index (χ3n) is 8.73. The highest BCUT2D eigenvalue weighted by atomic mass is 31.1. The normalized spacial score (nSPS) is 22.5. The molecule has 0 amide bonds.